The first-order valence-corrected chi connectivity index (χ1v) is 7.52. The van der Waals surface area contributed by atoms with Gasteiger partial charge in [0.15, 0.2) is 0 Å². The number of aliphatic hydroxyl groups is 1. The first-order chi connectivity index (χ1) is 11.0. The maximum absolute atomic E-state index is 13.0. The van der Waals surface area contributed by atoms with Crippen LogP contribution in [0.1, 0.15) is 30.4 Å². The van der Waals surface area contributed by atoms with E-state index in [1.165, 1.54) is 12.1 Å². The van der Waals surface area contributed by atoms with E-state index >= 15 is 0 Å². The molecule has 126 valence electrons. The van der Waals surface area contributed by atoms with E-state index in [1.54, 1.807) is 6.07 Å². The molecule has 1 fully saturated rings. The maximum Gasteiger partial charge on any atom is 0.417 e. The van der Waals surface area contributed by atoms with Crippen LogP contribution < -0.4 is 5.32 Å². The largest absolute Gasteiger partial charge is 0.417 e. The van der Waals surface area contributed by atoms with Crippen LogP contribution in [-0.4, -0.2) is 31.0 Å². The van der Waals surface area contributed by atoms with Crippen LogP contribution in [0.4, 0.5) is 18.9 Å². The average Bonchev–Trinajstić information content (AvgIpc) is 2.54. The highest BCUT2D eigenvalue weighted by Crippen LogP contribution is 2.34. The Balaban J connectivity index is 2.21. The van der Waals surface area contributed by atoms with Crippen LogP contribution in [0.25, 0.3) is 0 Å². The van der Waals surface area contributed by atoms with E-state index in [0.717, 1.165) is 18.9 Å². The summed E-state index contributed by atoms with van der Waals surface area (Å²) >= 11 is 0. The van der Waals surface area contributed by atoms with Gasteiger partial charge in [0.05, 0.1) is 17.2 Å². The Hall–Kier alpha value is -1.78. The van der Waals surface area contributed by atoms with Gasteiger partial charge in [0.25, 0.3) is 0 Å². The molecule has 1 aliphatic heterocycles. The minimum Gasteiger partial charge on any atom is -0.396 e. The molecule has 0 unspecified atom stereocenters. The van der Waals surface area contributed by atoms with Gasteiger partial charge < -0.3 is 15.2 Å². The van der Waals surface area contributed by atoms with Gasteiger partial charge in [0.1, 0.15) is 0 Å². The zero-order valence-corrected chi connectivity index (χ0v) is 12.6. The Kier molecular flexibility index (Phi) is 5.85. The number of rotatable bonds is 5. The van der Waals surface area contributed by atoms with Gasteiger partial charge in [0.2, 0.25) is 0 Å². The lowest BCUT2D eigenvalue weighted by Crippen LogP contribution is -2.34. The minimum atomic E-state index is -4.58. The van der Waals surface area contributed by atoms with Crippen molar-refractivity contribution in [1.82, 2.24) is 0 Å². The summed E-state index contributed by atoms with van der Waals surface area (Å²) in [5, 5.41) is 21.1. The number of halogens is 3. The molecule has 0 saturated carbocycles. The number of hydrogen-bond donors (Lipinski definition) is 2. The number of aliphatic hydroxyl groups excluding tert-OH is 1. The lowest BCUT2D eigenvalue weighted by Gasteiger charge is -2.31. The predicted molar refractivity (Wildman–Crippen MR) is 78.8 cm³/mol. The standard InChI is InChI=1S/C16H19F3N2O2/c17-16(18,19)14-9-13(2-1-12(14)10-20)21-15(3-6-22)11-4-7-23-8-5-11/h1-2,9,11,15,21-22H,3-8H2/t15-/m0/s1. The summed E-state index contributed by atoms with van der Waals surface area (Å²) in [7, 11) is 0. The monoisotopic (exact) mass is 328 g/mol. The van der Waals surface area contributed by atoms with Crippen LogP contribution in [0.3, 0.4) is 0 Å². The van der Waals surface area contributed by atoms with Crippen LogP contribution >= 0.6 is 0 Å². The summed E-state index contributed by atoms with van der Waals surface area (Å²) in [6.07, 6.45) is -2.51. The third kappa shape index (κ3) is 4.60. The first-order valence-electron chi connectivity index (χ1n) is 7.52. The van der Waals surface area contributed by atoms with E-state index in [0.29, 0.717) is 25.3 Å². The molecular weight excluding hydrogens is 309 g/mol. The Labute approximate surface area is 132 Å². The lowest BCUT2D eigenvalue weighted by molar-refractivity contribution is -0.137. The number of benzene rings is 1. The molecule has 0 spiro atoms. The first kappa shape index (κ1) is 17.6. The van der Waals surface area contributed by atoms with Gasteiger partial charge in [-0.15, -0.1) is 0 Å². The Morgan fingerprint density at radius 3 is 2.61 bits per heavy atom. The van der Waals surface area contributed by atoms with E-state index in [9.17, 15) is 18.3 Å². The van der Waals surface area contributed by atoms with Crippen LogP contribution in [-0.2, 0) is 10.9 Å². The average molecular weight is 328 g/mol. The molecule has 23 heavy (non-hydrogen) atoms. The molecule has 4 nitrogen and oxygen atoms in total. The second kappa shape index (κ2) is 7.66. The summed E-state index contributed by atoms with van der Waals surface area (Å²) in [6.45, 7) is 1.20. The van der Waals surface area contributed by atoms with E-state index in [-0.39, 0.29) is 18.6 Å². The number of nitriles is 1. The lowest BCUT2D eigenvalue weighted by atomic mass is 9.89. The van der Waals surface area contributed by atoms with Crippen molar-refractivity contribution in [1.29, 1.82) is 5.26 Å². The molecule has 7 heteroatoms. The Morgan fingerprint density at radius 1 is 1.35 bits per heavy atom. The van der Waals surface area contributed by atoms with E-state index in [1.807, 2.05) is 0 Å². The third-order valence-electron chi connectivity index (χ3n) is 4.07. The molecule has 0 amide bonds. The number of nitrogens with one attached hydrogen (secondary N) is 1. The molecule has 1 aromatic carbocycles. The molecule has 1 saturated heterocycles. The molecule has 0 aromatic heterocycles. The van der Waals surface area contributed by atoms with Crippen molar-refractivity contribution in [3.8, 4) is 6.07 Å². The van der Waals surface area contributed by atoms with Crippen LogP contribution in [0.5, 0.6) is 0 Å². The van der Waals surface area contributed by atoms with Gasteiger partial charge in [-0.1, -0.05) is 0 Å². The second-order valence-corrected chi connectivity index (χ2v) is 5.58. The number of ether oxygens (including phenoxy) is 1. The Morgan fingerprint density at radius 2 is 2.04 bits per heavy atom. The fourth-order valence-corrected chi connectivity index (χ4v) is 2.86. The second-order valence-electron chi connectivity index (χ2n) is 5.58. The van der Waals surface area contributed by atoms with Gasteiger partial charge in [0, 0.05) is 31.5 Å². The van der Waals surface area contributed by atoms with Gasteiger partial charge >= 0.3 is 6.18 Å². The number of alkyl halides is 3. The fraction of sp³-hybridized carbons (Fsp3) is 0.562. The van der Waals surface area contributed by atoms with E-state index in [4.69, 9.17) is 10.00 Å². The van der Waals surface area contributed by atoms with Gasteiger partial charge in [-0.3, -0.25) is 0 Å². The SMILES string of the molecule is N#Cc1ccc(N[C@@H](CCO)C2CCOCC2)cc1C(F)(F)F. The smallest absolute Gasteiger partial charge is 0.396 e. The van der Waals surface area contributed by atoms with Crippen molar-refractivity contribution in [2.45, 2.75) is 31.5 Å². The fourth-order valence-electron chi connectivity index (χ4n) is 2.86. The van der Waals surface area contributed by atoms with Crippen molar-refractivity contribution in [3.63, 3.8) is 0 Å². The molecule has 2 rings (SSSR count). The summed E-state index contributed by atoms with van der Waals surface area (Å²) in [6, 6.07) is 5.04. The summed E-state index contributed by atoms with van der Waals surface area (Å²) in [5.41, 5.74) is -1.03. The van der Waals surface area contributed by atoms with Crippen molar-refractivity contribution in [3.05, 3.63) is 29.3 Å². The quantitative estimate of drug-likeness (QED) is 0.871. The summed E-state index contributed by atoms with van der Waals surface area (Å²) in [5.74, 6) is 0.237. The molecule has 1 heterocycles. The molecule has 1 atom stereocenters. The molecule has 0 radical (unpaired) electrons. The molecule has 1 aromatic rings. The predicted octanol–water partition coefficient (Wildman–Crippen LogP) is 3.17. The molecule has 1 aliphatic rings. The van der Waals surface area contributed by atoms with Crippen LogP contribution in [0.2, 0.25) is 0 Å². The number of hydrogen-bond acceptors (Lipinski definition) is 4. The third-order valence-corrected chi connectivity index (χ3v) is 4.07. The Bertz CT molecular complexity index is 563. The highest BCUT2D eigenvalue weighted by Gasteiger charge is 2.34. The van der Waals surface area contributed by atoms with Gasteiger partial charge in [-0.05, 0) is 43.4 Å². The molecule has 2 N–H and O–H groups in total. The van der Waals surface area contributed by atoms with Crippen molar-refractivity contribution in [2.75, 3.05) is 25.1 Å². The highest BCUT2D eigenvalue weighted by atomic mass is 19.4. The maximum atomic E-state index is 13.0. The molecular formula is C16H19F3N2O2. The van der Waals surface area contributed by atoms with Crippen LogP contribution in [0, 0.1) is 17.2 Å². The van der Waals surface area contributed by atoms with E-state index in [2.05, 4.69) is 5.32 Å². The molecule has 0 aliphatic carbocycles. The van der Waals surface area contributed by atoms with Gasteiger partial charge in [-0.25, -0.2) is 0 Å². The van der Waals surface area contributed by atoms with E-state index < -0.39 is 17.3 Å². The number of nitrogens with zero attached hydrogens (tertiary/aromatic N) is 1. The van der Waals surface area contributed by atoms with Crippen molar-refractivity contribution < 1.29 is 23.0 Å². The summed E-state index contributed by atoms with van der Waals surface area (Å²) in [4.78, 5) is 0. The van der Waals surface area contributed by atoms with Crippen molar-refractivity contribution >= 4 is 5.69 Å². The van der Waals surface area contributed by atoms with Crippen molar-refractivity contribution in [2.24, 2.45) is 5.92 Å². The normalized spacial score (nSPS) is 17.5. The van der Waals surface area contributed by atoms with Crippen LogP contribution in [0.15, 0.2) is 18.2 Å². The number of anilines is 1. The topological polar surface area (TPSA) is 65.3 Å². The highest BCUT2D eigenvalue weighted by molar-refractivity contribution is 5.53. The summed E-state index contributed by atoms with van der Waals surface area (Å²) < 4.78 is 44.4. The molecule has 0 bridgehead atoms. The van der Waals surface area contributed by atoms with Gasteiger partial charge in [-0.2, -0.15) is 18.4 Å². The zero-order valence-electron chi connectivity index (χ0n) is 12.6. The minimum absolute atomic E-state index is 0.0442. The zero-order chi connectivity index (χ0) is 16.9.